The predicted octanol–water partition coefficient (Wildman–Crippen LogP) is 2.05. The van der Waals surface area contributed by atoms with E-state index >= 15 is 0 Å². The molecule has 12 heavy (non-hydrogen) atoms. The van der Waals surface area contributed by atoms with Gasteiger partial charge < -0.3 is 0 Å². The van der Waals surface area contributed by atoms with E-state index in [1.54, 1.807) is 30.3 Å². The second kappa shape index (κ2) is 2.74. The van der Waals surface area contributed by atoms with Gasteiger partial charge in [0, 0.05) is 17.1 Å². The van der Waals surface area contributed by atoms with E-state index in [4.69, 9.17) is 1.37 Å². The minimum Gasteiger partial charge on any atom is -0.298 e. The summed E-state index contributed by atoms with van der Waals surface area (Å²) in [4.78, 5) is 14.5. The lowest BCUT2D eigenvalue weighted by Gasteiger charge is -1.95. The summed E-state index contributed by atoms with van der Waals surface area (Å²) in [6.45, 7) is 0. The van der Waals surface area contributed by atoms with Crippen molar-refractivity contribution in [1.82, 2.24) is 4.98 Å². The first-order chi connectivity index (χ1) is 6.29. The Morgan fingerprint density at radius 1 is 1.42 bits per heavy atom. The fourth-order valence-corrected chi connectivity index (χ4v) is 1.12. The summed E-state index contributed by atoms with van der Waals surface area (Å²) < 4.78 is 7.29. The molecule has 0 bridgehead atoms. The first-order valence-electron chi connectivity index (χ1n) is 4.12. The number of carbonyl (C=O) groups is 1. The first-order valence-corrected chi connectivity index (χ1v) is 3.62. The van der Waals surface area contributed by atoms with E-state index in [0.29, 0.717) is 5.56 Å². The highest BCUT2D eigenvalue weighted by molar-refractivity contribution is 5.86. The molecule has 0 saturated carbocycles. The van der Waals surface area contributed by atoms with Gasteiger partial charge in [0.1, 0.15) is 6.29 Å². The summed E-state index contributed by atoms with van der Waals surface area (Å²) in [6.07, 6.45) is 1.04. The van der Waals surface area contributed by atoms with Crippen molar-refractivity contribution < 1.29 is 6.17 Å². The number of hydrogen-bond acceptors (Lipinski definition) is 2. The molecule has 0 saturated heterocycles. The molecule has 0 aliphatic heterocycles. The Kier molecular flexibility index (Phi) is 1.34. The van der Waals surface area contributed by atoms with Crippen molar-refractivity contribution >= 4 is 17.2 Å². The summed E-state index contributed by atoms with van der Waals surface area (Å²) in [5.41, 5.74) is 1.38. The van der Waals surface area contributed by atoms with E-state index < -0.39 is 0 Å². The van der Waals surface area contributed by atoms with Gasteiger partial charge in [-0.1, -0.05) is 6.07 Å². The summed E-state index contributed by atoms with van der Waals surface area (Å²) in [6, 6.07) is 8.60. The minimum atomic E-state index is 0.242. The van der Waals surface area contributed by atoms with E-state index in [0.717, 1.165) is 17.2 Å². The monoisotopic (exact) mass is 158 g/mol. The number of carbonyl (C=O) groups excluding carboxylic acids is 1. The lowest BCUT2D eigenvalue weighted by Crippen LogP contribution is -1.81. The number of hydrogen-bond donors (Lipinski definition) is 0. The Labute approximate surface area is 71.3 Å². The molecule has 0 spiro atoms. The van der Waals surface area contributed by atoms with E-state index in [9.17, 15) is 4.79 Å². The highest BCUT2D eigenvalue weighted by atomic mass is 16.1. The SMILES string of the molecule is [2H]c1ccc2cc(C=O)ccc2n1. The summed E-state index contributed by atoms with van der Waals surface area (Å²) in [5.74, 6) is 0. The second-order valence-electron chi connectivity index (χ2n) is 2.51. The molecule has 0 aliphatic rings. The van der Waals surface area contributed by atoms with Crippen molar-refractivity contribution in [1.29, 1.82) is 0 Å². The molecule has 0 unspecified atom stereocenters. The fraction of sp³-hybridized carbons (Fsp3) is 0. The third-order valence-corrected chi connectivity index (χ3v) is 1.71. The zero-order valence-electron chi connectivity index (χ0n) is 7.32. The molecule has 0 amide bonds. The summed E-state index contributed by atoms with van der Waals surface area (Å²) >= 11 is 0. The second-order valence-corrected chi connectivity index (χ2v) is 2.51. The van der Waals surface area contributed by atoms with Crippen LogP contribution in [0, 0.1) is 0 Å². The third kappa shape index (κ3) is 1.07. The van der Waals surface area contributed by atoms with Crippen molar-refractivity contribution in [2.24, 2.45) is 0 Å². The zero-order valence-corrected chi connectivity index (χ0v) is 6.32. The Morgan fingerprint density at radius 2 is 2.33 bits per heavy atom. The Morgan fingerprint density at radius 3 is 3.17 bits per heavy atom. The average molecular weight is 158 g/mol. The quantitative estimate of drug-likeness (QED) is 0.594. The van der Waals surface area contributed by atoms with Gasteiger partial charge in [-0.2, -0.15) is 0 Å². The van der Waals surface area contributed by atoms with Gasteiger partial charge in [0.2, 0.25) is 0 Å². The van der Waals surface area contributed by atoms with Crippen LogP contribution in [0.4, 0.5) is 0 Å². The molecule has 2 nitrogen and oxygen atoms in total. The van der Waals surface area contributed by atoms with Crippen LogP contribution in [0.1, 0.15) is 11.7 Å². The van der Waals surface area contributed by atoms with Crippen LogP contribution in [0.3, 0.4) is 0 Å². The van der Waals surface area contributed by atoms with Gasteiger partial charge in [-0.25, -0.2) is 0 Å². The molecule has 58 valence electrons. The Balaban J connectivity index is 2.73. The van der Waals surface area contributed by atoms with Gasteiger partial charge in [-0.05, 0) is 24.3 Å². The topological polar surface area (TPSA) is 30.0 Å². The van der Waals surface area contributed by atoms with Crippen molar-refractivity contribution in [3.63, 3.8) is 0 Å². The lowest BCUT2D eigenvalue weighted by atomic mass is 10.1. The number of rotatable bonds is 1. The van der Waals surface area contributed by atoms with E-state index in [1.165, 1.54) is 0 Å². The molecular formula is C10H7NO. The summed E-state index contributed by atoms with van der Waals surface area (Å²) in [5, 5.41) is 0.889. The zero-order chi connectivity index (χ0) is 9.26. The molecule has 0 radical (unpaired) electrons. The van der Waals surface area contributed by atoms with E-state index in [1.807, 2.05) is 0 Å². The highest BCUT2D eigenvalue weighted by Crippen LogP contribution is 2.11. The van der Waals surface area contributed by atoms with Gasteiger partial charge in [-0.3, -0.25) is 9.78 Å². The molecule has 2 aromatic rings. The normalized spacial score (nSPS) is 11.2. The molecule has 1 aromatic heterocycles. The van der Waals surface area contributed by atoms with Gasteiger partial charge in [0.15, 0.2) is 0 Å². The van der Waals surface area contributed by atoms with Crippen LogP contribution in [0.15, 0.2) is 36.5 Å². The smallest absolute Gasteiger partial charge is 0.150 e. The number of aromatic nitrogens is 1. The number of pyridine rings is 1. The van der Waals surface area contributed by atoms with Crippen molar-refractivity contribution in [3.05, 3.63) is 42.1 Å². The van der Waals surface area contributed by atoms with Crippen LogP contribution in [0.5, 0.6) is 0 Å². The average Bonchev–Trinajstić information content (AvgIpc) is 2.17. The van der Waals surface area contributed by atoms with Gasteiger partial charge in [0.05, 0.1) is 6.89 Å². The Bertz CT molecular complexity index is 467. The van der Waals surface area contributed by atoms with Crippen molar-refractivity contribution in [2.75, 3.05) is 0 Å². The van der Waals surface area contributed by atoms with Crippen LogP contribution in [-0.2, 0) is 0 Å². The Hall–Kier alpha value is -1.70. The maximum absolute atomic E-state index is 10.5. The molecule has 2 rings (SSSR count). The van der Waals surface area contributed by atoms with Crippen molar-refractivity contribution in [3.8, 4) is 0 Å². The molecule has 1 heterocycles. The molecule has 2 heteroatoms. The van der Waals surface area contributed by atoms with E-state index in [-0.39, 0.29) is 6.17 Å². The largest absolute Gasteiger partial charge is 0.298 e. The van der Waals surface area contributed by atoms with Gasteiger partial charge >= 0.3 is 0 Å². The van der Waals surface area contributed by atoms with Crippen LogP contribution in [0.2, 0.25) is 0 Å². The lowest BCUT2D eigenvalue weighted by molar-refractivity contribution is 0.112. The number of benzene rings is 1. The summed E-state index contributed by atoms with van der Waals surface area (Å²) in [7, 11) is 0. The van der Waals surface area contributed by atoms with E-state index in [2.05, 4.69) is 4.98 Å². The van der Waals surface area contributed by atoms with Crippen LogP contribution in [0.25, 0.3) is 10.9 Å². The third-order valence-electron chi connectivity index (χ3n) is 1.71. The van der Waals surface area contributed by atoms with Crippen LogP contribution >= 0.6 is 0 Å². The molecule has 0 aliphatic carbocycles. The minimum absolute atomic E-state index is 0.242. The molecule has 0 N–H and O–H groups in total. The molecule has 0 atom stereocenters. The van der Waals surface area contributed by atoms with Gasteiger partial charge in [0.25, 0.3) is 0 Å². The maximum Gasteiger partial charge on any atom is 0.150 e. The standard InChI is InChI=1S/C10H7NO/c12-7-8-3-4-10-9(6-8)2-1-5-11-10/h1-7H/i5D. The first kappa shape index (κ1) is 5.89. The fourth-order valence-electron chi connectivity index (χ4n) is 1.12. The molecule has 1 aromatic carbocycles. The highest BCUT2D eigenvalue weighted by Gasteiger charge is 1.93. The van der Waals surface area contributed by atoms with Crippen molar-refractivity contribution in [2.45, 2.75) is 0 Å². The number of aldehydes is 1. The predicted molar refractivity (Wildman–Crippen MR) is 47.1 cm³/mol. The number of nitrogens with zero attached hydrogens (tertiary/aromatic N) is 1. The maximum atomic E-state index is 10.5. The van der Waals surface area contributed by atoms with Gasteiger partial charge in [-0.15, -0.1) is 0 Å². The molecule has 0 fully saturated rings. The van der Waals surface area contributed by atoms with Crippen LogP contribution in [-0.4, -0.2) is 11.3 Å². The molecular weight excluding hydrogens is 150 g/mol. The van der Waals surface area contributed by atoms with Crippen LogP contribution < -0.4 is 0 Å². The number of fused-ring (bicyclic) bond motifs is 1.